The van der Waals surface area contributed by atoms with Crippen molar-refractivity contribution >= 4 is 17.5 Å². The number of hydrogen-bond donors (Lipinski definition) is 2. The number of nitrogens with zero attached hydrogens (tertiary/aromatic N) is 1. The van der Waals surface area contributed by atoms with Crippen LogP contribution in [-0.2, 0) is 9.59 Å². The van der Waals surface area contributed by atoms with Gasteiger partial charge in [0.1, 0.15) is 5.75 Å². The summed E-state index contributed by atoms with van der Waals surface area (Å²) < 4.78 is 5.42. The number of hydrogen-bond acceptors (Lipinski definition) is 4. The van der Waals surface area contributed by atoms with E-state index in [-0.39, 0.29) is 23.8 Å². The summed E-state index contributed by atoms with van der Waals surface area (Å²) >= 11 is 0. The Morgan fingerprint density at radius 2 is 2.04 bits per heavy atom. The zero-order chi connectivity index (χ0) is 16.2. The quantitative estimate of drug-likeness (QED) is 0.866. The fraction of sp³-hybridized carbons (Fsp3) is 0.529. The van der Waals surface area contributed by atoms with Crippen LogP contribution in [0.5, 0.6) is 5.75 Å². The summed E-state index contributed by atoms with van der Waals surface area (Å²) in [7, 11) is 1.68. The number of anilines is 1. The molecule has 3 rings (SSSR count). The number of ether oxygens (including phenoxy) is 1. The highest BCUT2D eigenvalue weighted by molar-refractivity contribution is 5.89. The van der Waals surface area contributed by atoms with E-state index in [1.165, 1.54) is 0 Å². The van der Waals surface area contributed by atoms with Crippen molar-refractivity contribution in [2.45, 2.75) is 25.3 Å². The molecule has 0 aromatic heterocycles. The van der Waals surface area contributed by atoms with Crippen molar-refractivity contribution in [3.63, 3.8) is 0 Å². The maximum atomic E-state index is 12.2. The minimum Gasteiger partial charge on any atom is -0.495 e. The molecule has 0 saturated carbocycles. The smallest absolute Gasteiger partial charge is 0.225 e. The lowest BCUT2D eigenvalue weighted by atomic mass is 10.0. The highest BCUT2D eigenvalue weighted by Gasteiger charge is 2.30. The molecular formula is C17H23N3O3. The number of carbonyl (C=O) groups excluding carboxylic acids is 2. The normalized spacial score (nSPS) is 21.9. The molecule has 0 spiro atoms. The SMILES string of the molecule is COc1ccccc1N1CCC(NC(=O)C2CNC(=O)C2)CC1. The van der Waals surface area contributed by atoms with Gasteiger partial charge in [0.05, 0.1) is 18.7 Å². The van der Waals surface area contributed by atoms with E-state index in [1.807, 2.05) is 18.2 Å². The van der Waals surface area contributed by atoms with Crippen LogP contribution < -0.4 is 20.3 Å². The molecule has 2 aliphatic rings. The highest BCUT2D eigenvalue weighted by atomic mass is 16.5. The third-order valence-electron chi connectivity index (χ3n) is 4.62. The van der Waals surface area contributed by atoms with Gasteiger partial charge in [-0.2, -0.15) is 0 Å². The van der Waals surface area contributed by atoms with Crippen LogP contribution in [0.3, 0.4) is 0 Å². The number of amides is 2. The molecule has 1 aromatic rings. The largest absolute Gasteiger partial charge is 0.495 e. The molecule has 2 heterocycles. The van der Waals surface area contributed by atoms with Crippen molar-refractivity contribution in [3.05, 3.63) is 24.3 Å². The molecule has 2 aliphatic heterocycles. The number of carbonyl (C=O) groups is 2. The minimum atomic E-state index is -0.213. The van der Waals surface area contributed by atoms with Gasteiger partial charge in [-0.1, -0.05) is 12.1 Å². The van der Waals surface area contributed by atoms with Gasteiger partial charge in [-0.05, 0) is 25.0 Å². The molecule has 2 saturated heterocycles. The topological polar surface area (TPSA) is 70.7 Å². The average Bonchev–Trinajstić information content (AvgIpc) is 3.02. The Morgan fingerprint density at radius 3 is 2.70 bits per heavy atom. The lowest BCUT2D eigenvalue weighted by Crippen LogP contribution is -2.46. The van der Waals surface area contributed by atoms with Crippen molar-refractivity contribution in [1.29, 1.82) is 0 Å². The van der Waals surface area contributed by atoms with Crippen LogP contribution in [0, 0.1) is 5.92 Å². The molecule has 1 unspecified atom stereocenters. The molecule has 124 valence electrons. The zero-order valence-electron chi connectivity index (χ0n) is 13.4. The van der Waals surface area contributed by atoms with Gasteiger partial charge < -0.3 is 20.3 Å². The Hall–Kier alpha value is -2.24. The molecule has 2 amide bonds. The second-order valence-corrected chi connectivity index (χ2v) is 6.15. The van der Waals surface area contributed by atoms with Gasteiger partial charge in [0, 0.05) is 32.1 Å². The van der Waals surface area contributed by atoms with Crippen LogP contribution in [0.2, 0.25) is 0 Å². The molecule has 1 aromatic carbocycles. The minimum absolute atomic E-state index is 0.000841. The third kappa shape index (κ3) is 3.57. The Morgan fingerprint density at radius 1 is 1.30 bits per heavy atom. The van der Waals surface area contributed by atoms with Crippen LogP contribution in [-0.4, -0.2) is 44.6 Å². The zero-order valence-corrected chi connectivity index (χ0v) is 13.4. The van der Waals surface area contributed by atoms with Crippen molar-refractivity contribution in [2.75, 3.05) is 31.6 Å². The van der Waals surface area contributed by atoms with Crippen molar-refractivity contribution in [3.8, 4) is 5.75 Å². The predicted molar refractivity (Wildman–Crippen MR) is 87.5 cm³/mol. The Balaban J connectivity index is 1.52. The summed E-state index contributed by atoms with van der Waals surface area (Å²) in [6.07, 6.45) is 2.11. The average molecular weight is 317 g/mol. The van der Waals surface area contributed by atoms with Crippen LogP contribution in [0.25, 0.3) is 0 Å². The predicted octanol–water partition coefficient (Wildman–Crippen LogP) is 0.916. The molecule has 0 bridgehead atoms. The van der Waals surface area contributed by atoms with Gasteiger partial charge in [0.2, 0.25) is 11.8 Å². The van der Waals surface area contributed by atoms with Crippen LogP contribution in [0.4, 0.5) is 5.69 Å². The molecule has 0 aliphatic carbocycles. The maximum Gasteiger partial charge on any atom is 0.225 e. The Kier molecular flexibility index (Phi) is 4.69. The van der Waals surface area contributed by atoms with E-state index >= 15 is 0 Å². The second kappa shape index (κ2) is 6.89. The summed E-state index contributed by atoms with van der Waals surface area (Å²) in [5.41, 5.74) is 1.10. The van der Waals surface area contributed by atoms with E-state index in [2.05, 4.69) is 21.6 Å². The van der Waals surface area contributed by atoms with Gasteiger partial charge in [-0.15, -0.1) is 0 Å². The van der Waals surface area contributed by atoms with Gasteiger partial charge in [0.15, 0.2) is 0 Å². The van der Waals surface area contributed by atoms with Crippen LogP contribution in [0.1, 0.15) is 19.3 Å². The lowest BCUT2D eigenvalue weighted by molar-refractivity contribution is -0.127. The molecule has 6 nitrogen and oxygen atoms in total. The molecule has 6 heteroatoms. The fourth-order valence-corrected chi connectivity index (χ4v) is 3.27. The molecule has 2 fully saturated rings. The molecule has 1 atom stereocenters. The van der Waals surface area contributed by atoms with E-state index in [0.29, 0.717) is 13.0 Å². The van der Waals surface area contributed by atoms with E-state index < -0.39 is 0 Å². The number of nitrogens with one attached hydrogen (secondary N) is 2. The summed E-state index contributed by atoms with van der Waals surface area (Å²) in [4.78, 5) is 25.7. The van der Waals surface area contributed by atoms with Crippen molar-refractivity contribution < 1.29 is 14.3 Å². The van der Waals surface area contributed by atoms with E-state index in [4.69, 9.17) is 4.74 Å². The summed E-state index contributed by atoms with van der Waals surface area (Å²) in [5.74, 6) is 0.635. The standard InChI is InChI=1S/C17H23N3O3/c1-23-15-5-3-2-4-14(15)20-8-6-13(7-9-20)19-17(22)12-10-16(21)18-11-12/h2-5,12-13H,6-11H2,1H3,(H,18,21)(H,19,22). The number of piperidine rings is 1. The van der Waals surface area contributed by atoms with Gasteiger partial charge in [0.25, 0.3) is 0 Å². The van der Waals surface area contributed by atoms with E-state index in [0.717, 1.165) is 37.4 Å². The maximum absolute atomic E-state index is 12.2. The molecule has 2 N–H and O–H groups in total. The van der Waals surface area contributed by atoms with Crippen LogP contribution >= 0.6 is 0 Å². The van der Waals surface area contributed by atoms with Gasteiger partial charge >= 0.3 is 0 Å². The van der Waals surface area contributed by atoms with Crippen molar-refractivity contribution in [1.82, 2.24) is 10.6 Å². The number of para-hydroxylation sites is 2. The number of benzene rings is 1. The summed E-state index contributed by atoms with van der Waals surface area (Å²) in [6, 6.07) is 8.19. The van der Waals surface area contributed by atoms with Crippen LogP contribution in [0.15, 0.2) is 24.3 Å². The highest BCUT2D eigenvalue weighted by Crippen LogP contribution is 2.29. The first-order valence-electron chi connectivity index (χ1n) is 8.12. The molecule has 23 heavy (non-hydrogen) atoms. The summed E-state index contributed by atoms with van der Waals surface area (Å²) in [5, 5.41) is 5.80. The number of methoxy groups -OCH3 is 1. The Bertz CT molecular complexity index is 582. The molecular weight excluding hydrogens is 294 g/mol. The first kappa shape index (κ1) is 15.6. The fourth-order valence-electron chi connectivity index (χ4n) is 3.27. The van der Waals surface area contributed by atoms with Crippen molar-refractivity contribution in [2.24, 2.45) is 5.92 Å². The summed E-state index contributed by atoms with van der Waals surface area (Å²) in [6.45, 7) is 2.23. The van der Waals surface area contributed by atoms with Gasteiger partial charge in [-0.25, -0.2) is 0 Å². The lowest BCUT2D eigenvalue weighted by Gasteiger charge is -2.34. The second-order valence-electron chi connectivity index (χ2n) is 6.15. The molecule has 0 radical (unpaired) electrons. The Labute approximate surface area is 136 Å². The van der Waals surface area contributed by atoms with Gasteiger partial charge in [-0.3, -0.25) is 9.59 Å². The first-order valence-corrected chi connectivity index (χ1v) is 8.12. The van der Waals surface area contributed by atoms with E-state index in [9.17, 15) is 9.59 Å². The number of rotatable bonds is 4. The van der Waals surface area contributed by atoms with E-state index in [1.54, 1.807) is 7.11 Å². The third-order valence-corrected chi connectivity index (χ3v) is 4.62. The monoisotopic (exact) mass is 317 g/mol. The first-order chi connectivity index (χ1) is 11.2.